The lowest BCUT2D eigenvalue weighted by Crippen LogP contribution is -2.24. The lowest BCUT2D eigenvalue weighted by atomic mass is 10.1. The molecule has 0 radical (unpaired) electrons. The maximum absolute atomic E-state index is 12.4. The topological polar surface area (TPSA) is 155 Å². The molecule has 32 heavy (non-hydrogen) atoms. The second-order valence-corrected chi connectivity index (χ2v) is 7.76. The van der Waals surface area contributed by atoms with Crippen molar-refractivity contribution in [2.45, 2.75) is 10.1 Å². The number of nitrogens with two attached hydrogens (primary N) is 2. The Morgan fingerprint density at radius 2 is 1.88 bits per heavy atom. The summed E-state index contributed by atoms with van der Waals surface area (Å²) in [6, 6.07) is 11.3. The van der Waals surface area contributed by atoms with Crippen molar-refractivity contribution in [1.29, 1.82) is 0 Å². The summed E-state index contributed by atoms with van der Waals surface area (Å²) in [4.78, 5) is 40.0. The molecular weight excluding hydrogens is 454 g/mol. The Morgan fingerprint density at radius 3 is 2.53 bits per heavy atom. The van der Waals surface area contributed by atoms with Crippen molar-refractivity contribution in [3.8, 4) is 11.5 Å². The third-order valence-corrected chi connectivity index (χ3v) is 5.44. The monoisotopic (exact) mass is 473 g/mol. The number of Topliss-reactive ketones (excluding diaryl/α,β-unsaturated/α-hetero) is 1. The second-order valence-electron chi connectivity index (χ2n) is 6.05. The minimum atomic E-state index is -0.605. The molecule has 0 saturated carbocycles. The Bertz CT molecular complexity index is 1100. The van der Waals surface area contributed by atoms with E-state index < -0.39 is 5.91 Å². The van der Waals surface area contributed by atoms with E-state index in [1.165, 1.54) is 31.0 Å². The van der Waals surface area contributed by atoms with Crippen LogP contribution in [0.5, 0.6) is 11.5 Å². The molecule has 5 N–H and O–H groups in total. The van der Waals surface area contributed by atoms with Gasteiger partial charge in [-0.15, -0.1) is 0 Å². The SMILES string of the molecule is COOSc1cc(C(=O)N=C(N)N)ccc1Oc1ccc(C(=O)CSc2ncc[nH]2)cc1. The highest BCUT2D eigenvalue weighted by molar-refractivity contribution is 7.99. The van der Waals surface area contributed by atoms with Gasteiger partial charge < -0.3 is 21.2 Å². The van der Waals surface area contributed by atoms with E-state index in [1.54, 1.807) is 42.7 Å². The van der Waals surface area contributed by atoms with Crippen molar-refractivity contribution in [2.24, 2.45) is 16.5 Å². The molecule has 1 amide bonds. The van der Waals surface area contributed by atoms with E-state index >= 15 is 0 Å². The molecule has 0 saturated heterocycles. The van der Waals surface area contributed by atoms with Crippen LogP contribution >= 0.6 is 23.8 Å². The summed E-state index contributed by atoms with van der Waals surface area (Å²) in [7, 11) is 1.35. The van der Waals surface area contributed by atoms with Gasteiger partial charge in [0.05, 0.1) is 29.8 Å². The Hall–Kier alpha value is -3.32. The second kappa shape index (κ2) is 11.3. The van der Waals surface area contributed by atoms with Crippen LogP contribution in [0.1, 0.15) is 20.7 Å². The molecule has 10 nitrogen and oxygen atoms in total. The number of H-pyrrole nitrogens is 1. The minimum absolute atomic E-state index is 0.0368. The number of carbonyl (C=O) groups is 2. The molecule has 1 aromatic heterocycles. The van der Waals surface area contributed by atoms with E-state index in [-0.39, 0.29) is 23.1 Å². The summed E-state index contributed by atoms with van der Waals surface area (Å²) in [6.45, 7) is 0. The van der Waals surface area contributed by atoms with Gasteiger partial charge in [0.25, 0.3) is 5.91 Å². The standard InChI is InChI=1S/C20H19N5O5S2/c1-28-30-32-17-10-13(18(27)25-19(21)22)4-7-16(17)29-14-5-2-12(3-6-14)15(26)11-31-20-23-8-9-24-20/h2-10H,11H2,1H3,(H,23,24)(H4,21,22,25,27). The third kappa shape index (κ3) is 6.59. The van der Waals surface area contributed by atoms with Crippen LogP contribution in [0.15, 0.2) is 69.9 Å². The number of nitrogens with zero attached hydrogens (tertiary/aromatic N) is 2. The van der Waals surface area contributed by atoms with Gasteiger partial charge in [-0.2, -0.15) is 9.33 Å². The van der Waals surface area contributed by atoms with Gasteiger partial charge in [0.2, 0.25) is 0 Å². The largest absolute Gasteiger partial charge is 0.456 e. The van der Waals surface area contributed by atoms with Gasteiger partial charge in [-0.25, -0.2) is 9.87 Å². The Kier molecular flexibility index (Phi) is 8.27. The number of ketones is 1. The first-order valence-corrected chi connectivity index (χ1v) is 10.8. The summed E-state index contributed by atoms with van der Waals surface area (Å²) in [5.74, 6) is 0.170. The van der Waals surface area contributed by atoms with Crippen molar-refractivity contribution in [3.05, 3.63) is 66.0 Å². The average Bonchev–Trinajstić information content (AvgIpc) is 3.30. The zero-order valence-corrected chi connectivity index (χ0v) is 18.4. The normalized spacial score (nSPS) is 10.5. The van der Waals surface area contributed by atoms with E-state index in [0.29, 0.717) is 27.1 Å². The molecule has 0 aliphatic heterocycles. The summed E-state index contributed by atoms with van der Waals surface area (Å²) in [5.41, 5.74) is 11.3. The fourth-order valence-electron chi connectivity index (χ4n) is 2.43. The number of thioether (sulfide) groups is 1. The van der Waals surface area contributed by atoms with Gasteiger partial charge in [-0.05, 0) is 42.5 Å². The average molecular weight is 474 g/mol. The molecule has 0 aliphatic rings. The van der Waals surface area contributed by atoms with E-state index in [1.807, 2.05) is 0 Å². The number of benzene rings is 2. The zero-order chi connectivity index (χ0) is 22.9. The van der Waals surface area contributed by atoms with Crippen LogP contribution in [0, 0.1) is 0 Å². The van der Waals surface area contributed by atoms with Crippen molar-refractivity contribution in [1.82, 2.24) is 9.97 Å². The minimum Gasteiger partial charge on any atom is -0.456 e. The van der Waals surface area contributed by atoms with Crippen LogP contribution < -0.4 is 16.2 Å². The van der Waals surface area contributed by atoms with Gasteiger partial charge in [-0.3, -0.25) is 9.59 Å². The number of aromatic nitrogens is 2. The van der Waals surface area contributed by atoms with Crippen LogP contribution in [-0.4, -0.2) is 40.5 Å². The Morgan fingerprint density at radius 1 is 1.12 bits per heavy atom. The van der Waals surface area contributed by atoms with Gasteiger partial charge >= 0.3 is 0 Å². The molecular formula is C20H19N5O5S2. The number of nitrogens with one attached hydrogen (secondary N) is 1. The molecule has 0 fully saturated rings. The third-order valence-electron chi connectivity index (χ3n) is 3.83. The molecule has 0 atom stereocenters. The van der Waals surface area contributed by atoms with E-state index in [0.717, 1.165) is 12.0 Å². The van der Waals surface area contributed by atoms with Gasteiger partial charge in [0.1, 0.15) is 11.5 Å². The highest BCUT2D eigenvalue weighted by atomic mass is 32.2. The summed E-state index contributed by atoms with van der Waals surface area (Å²) in [5, 5.41) is 0.684. The molecule has 0 spiro atoms. The van der Waals surface area contributed by atoms with Gasteiger partial charge in [-0.1, -0.05) is 11.8 Å². The smallest absolute Gasteiger partial charge is 0.280 e. The van der Waals surface area contributed by atoms with E-state index in [9.17, 15) is 9.59 Å². The molecule has 3 aromatic rings. The number of carbonyl (C=O) groups excluding carboxylic acids is 2. The number of aliphatic imine (C=N–C) groups is 1. The molecule has 166 valence electrons. The quantitative estimate of drug-likeness (QED) is 0.0760. The first kappa shape index (κ1) is 23.3. The highest BCUT2D eigenvalue weighted by Gasteiger charge is 2.14. The number of ether oxygens (including phenoxy) is 1. The number of imidazole rings is 1. The molecule has 2 aromatic carbocycles. The lowest BCUT2D eigenvalue weighted by Gasteiger charge is -2.11. The lowest BCUT2D eigenvalue weighted by molar-refractivity contribution is -0.160. The summed E-state index contributed by atoms with van der Waals surface area (Å²) >= 11 is 2.18. The number of hydrogen-bond acceptors (Lipinski definition) is 8. The predicted octanol–water partition coefficient (Wildman–Crippen LogP) is 3.18. The predicted molar refractivity (Wildman–Crippen MR) is 121 cm³/mol. The molecule has 0 aliphatic carbocycles. The first-order valence-electron chi connectivity index (χ1n) is 9.05. The number of guanidine groups is 1. The van der Waals surface area contributed by atoms with Crippen molar-refractivity contribution >= 4 is 41.5 Å². The van der Waals surface area contributed by atoms with Crippen LogP contribution in [0.25, 0.3) is 0 Å². The van der Waals surface area contributed by atoms with Crippen molar-refractivity contribution < 1.29 is 23.5 Å². The van der Waals surface area contributed by atoms with Crippen LogP contribution in [0.4, 0.5) is 0 Å². The highest BCUT2D eigenvalue weighted by Crippen LogP contribution is 2.34. The number of aromatic amines is 1. The summed E-state index contributed by atoms with van der Waals surface area (Å²) in [6.07, 6.45) is 3.33. The number of rotatable bonds is 10. The maximum atomic E-state index is 12.4. The van der Waals surface area contributed by atoms with Crippen LogP contribution in [-0.2, 0) is 9.22 Å². The molecule has 1 heterocycles. The number of hydrogen-bond donors (Lipinski definition) is 3. The summed E-state index contributed by atoms with van der Waals surface area (Å²) < 4.78 is 10.8. The molecule has 0 bridgehead atoms. The zero-order valence-electron chi connectivity index (χ0n) is 16.8. The molecule has 12 heteroatoms. The fourth-order valence-corrected chi connectivity index (χ4v) is 3.66. The molecule has 0 unspecified atom stereocenters. The van der Waals surface area contributed by atoms with Crippen LogP contribution in [0.2, 0.25) is 0 Å². The van der Waals surface area contributed by atoms with E-state index in [2.05, 4.69) is 19.8 Å². The Labute approximate surface area is 191 Å². The van der Waals surface area contributed by atoms with Crippen molar-refractivity contribution in [2.75, 3.05) is 12.9 Å². The fraction of sp³-hybridized carbons (Fsp3) is 0.100. The van der Waals surface area contributed by atoms with E-state index in [4.69, 9.17) is 20.5 Å². The van der Waals surface area contributed by atoms with Crippen LogP contribution in [0.3, 0.4) is 0 Å². The number of amides is 1. The van der Waals surface area contributed by atoms with Crippen molar-refractivity contribution in [3.63, 3.8) is 0 Å². The maximum Gasteiger partial charge on any atom is 0.280 e. The molecule has 3 rings (SSSR count). The first-order chi connectivity index (χ1) is 15.5. The van der Waals surface area contributed by atoms with Gasteiger partial charge in [0.15, 0.2) is 16.9 Å². The Balaban J connectivity index is 1.71. The van der Waals surface area contributed by atoms with Gasteiger partial charge in [0, 0.05) is 23.5 Å².